The number of carbonyl (C=O) groups is 6. The Morgan fingerprint density at radius 2 is 1.71 bits per heavy atom. The second-order valence-electron chi connectivity index (χ2n) is 14.8. The molecule has 16 nitrogen and oxygen atoms in total. The van der Waals surface area contributed by atoms with E-state index in [2.05, 4.69) is 15.6 Å². The van der Waals surface area contributed by atoms with Crippen LogP contribution in [0.25, 0.3) is 10.9 Å². The van der Waals surface area contributed by atoms with Crippen LogP contribution in [0.2, 0.25) is 0 Å². The summed E-state index contributed by atoms with van der Waals surface area (Å²) in [5, 5.41) is 5.89. The number of rotatable bonds is 18. The van der Waals surface area contributed by atoms with Crippen LogP contribution in [-0.2, 0) is 33.4 Å². The molecule has 1 aliphatic carbocycles. The van der Waals surface area contributed by atoms with Crippen molar-refractivity contribution in [3.63, 3.8) is 0 Å². The molecule has 2 N–H and O–H groups in total. The van der Waals surface area contributed by atoms with E-state index in [1.807, 2.05) is 20.8 Å². The first-order valence-electron chi connectivity index (χ1n) is 20.0. The molecule has 2 saturated heterocycles. The van der Waals surface area contributed by atoms with Crippen LogP contribution >= 0.6 is 0 Å². The number of fused-ring (bicyclic) bond motifs is 1. The second kappa shape index (κ2) is 20.5. The number of pyridine rings is 1. The van der Waals surface area contributed by atoms with Crippen molar-refractivity contribution in [3.8, 4) is 5.75 Å². The number of piperazine rings is 1. The molecule has 2 aliphatic heterocycles. The molecular formula is C40H54F2N6O10. The standard InChI is InChI=1S/C40H54F2N6O10/c1-4-6-18-57-39(54)47-16-14-46(15-17-47)38(53)29(12-13-35(50)56-20-19-55-5-2)45-36(51)31-22-33(28-11-10-26(3)21-30(28)44-31)58-24-34(49)48-25-40(41,42)23-32(48)37(52)43-27-8-7-9-27/h10-11,21-22,27,29,32H,4-9,12-20,23-25H2,1-3H3,(H,43,52)(H,45,51). The van der Waals surface area contributed by atoms with Crippen molar-refractivity contribution < 1.29 is 56.5 Å². The number of hydrogen-bond donors (Lipinski definition) is 2. The van der Waals surface area contributed by atoms with Crippen LogP contribution < -0.4 is 15.4 Å². The SMILES string of the molecule is CCCCOC(=O)N1CCN(C(=O)C(CCC(=O)OCCOCC)NC(=O)c2cc(OCC(=O)N3CC(F)(F)CC3C(=O)NC3CCC3)c3ccc(C)cc3n2)CC1. The molecule has 1 aromatic heterocycles. The fourth-order valence-electron chi connectivity index (χ4n) is 6.84. The van der Waals surface area contributed by atoms with Crippen LogP contribution in [0.5, 0.6) is 5.75 Å². The number of halogens is 2. The van der Waals surface area contributed by atoms with Crippen molar-refractivity contribution in [1.29, 1.82) is 0 Å². The van der Waals surface area contributed by atoms with E-state index in [9.17, 15) is 37.5 Å². The van der Waals surface area contributed by atoms with Crippen LogP contribution in [0, 0.1) is 6.92 Å². The molecule has 3 aliphatic rings. The highest BCUT2D eigenvalue weighted by Crippen LogP contribution is 2.33. The lowest BCUT2D eigenvalue weighted by atomic mass is 9.93. The van der Waals surface area contributed by atoms with Crippen LogP contribution in [-0.4, -0.2) is 145 Å². The average molecular weight is 817 g/mol. The molecule has 5 rings (SSSR count). The van der Waals surface area contributed by atoms with Crippen molar-refractivity contribution in [2.24, 2.45) is 0 Å². The van der Waals surface area contributed by atoms with E-state index in [1.165, 1.54) is 15.9 Å². The molecule has 3 heterocycles. The molecule has 18 heteroatoms. The van der Waals surface area contributed by atoms with E-state index >= 15 is 0 Å². The smallest absolute Gasteiger partial charge is 0.409 e. The number of aromatic nitrogens is 1. The number of esters is 1. The normalized spacial score (nSPS) is 18.3. The third-order valence-electron chi connectivity index (χ3n) is 10.4. The molecule has 1 saturated carbocycles. The largest absolute Gasteiger partial charge is 0.483 e. The summed E-state index contributed by atoms with van der Waals surface area (Å²) < 4.78 is 50.8. The van der Waals surface area contributed by atoms with Crippen molar-refractivity contribution >= 4 is 46.6 Å². The highest BCUT2D eigenvalue weighted by Gasteiger charge is 2.50. The Kier molecular flexibility index (Phi) is 15.6. The van der Waals surface area contributed by atoms with Gasteiger partial charge in [0.25, 0.3) is 17.7 Å². The van der Waals surface area contributed by atoms with Gasteiger partial charge in [-0.05, 0) is 63.6 Å². The predicted octanol–water partition coefficient (Wildman–Crippen LogP) is 3.37. The number of amides is 5. The van der Waals surface area contributed by atoms with Crippen LogP contribution in [0.3, 0.4) is 0 Å². The lowest BCUT2D eigenvalue weighted by Crippen LogP contribution is -2.56. The van der Waals surface area contributed by atoms with Gasteiger partial charge in [0, 0.05) is 63.1 Å². The van der Waals surface area contributed by atoms with E-state index in [-0.39, 0.29) is 69.7 Å². The zero-order valence-corrected chi connectivity index (χ0v) is 33.4. The fourth-order valence-corrected chi connectivity index (χ4v) is 6.84. The molecule has 2 aromatic rings. The molecule has 0 radical (unpaired) electrons. The van der Waals surface area contributed by atoms with Crippen LogP contribution in [0.1, 0.15) is 81.3 Å². The number of alkyl halides is 2. The van der Waals surface area contributed by atoms with E-state index in [4.69, 9.17) is 18.9 Å². The highest BCUT2D eigenvalue weighted by atomic mass is 19.3. The number of nitrogens with one attached hydrogen (secondary N) is 2. The maximum absolute atomic E-state index is 14.6. The molecule has 58 heavy (non-hydrogen) atoms. The van der Waals surface area contributed by atoms with Gasteiger partial charge >= 0.3 is 12.1 Å². The van der Waals surface area contributed by atoms with Crippen molar-refractivity contribution in [2.45, 2.75) is 96.2 Å². The van der Waals surface area contributed by atoms with Crippen LogP contribution in [0.15, 0.2) is 24.3 Å². The first-order chi connectivity index (χ1) is 27.8. The number of ether oxygens (including phenoxy) is 4. The summed E-state index contributed by atoms with van der Waals surface area (Å²) in [7, 11) is 0. The summed E-state index contributed by atoms with van der Waals surface area (Å²) >= 11 is 0. The van der Waals surface area contributed by atoms with Gasteiger partial charge in [-0.1, -0.05) is 19.4 Å². The summed E-state index contributed by atoms with van der Waals surface area (Å²) in [6.07, 6.45) is 2.45. The van der Waals surface area contributed by atoms with E-state index in [0.717, 1.165) is 42.6 Å². The molecule has 5 amide bonds. The maximum Gasteiger partial charge on any atom is 0.409 e. The monoisotopic (exact) mass is 816 g/mol. The quantitative estimate of drug-likeness (QED) is 0.166. The third-order valence-corrected chi connectivity index (χ3v) is 10.4. The summed E-state index contributed by atoms with van der Waals surface area (Å²) in [5.74, 6) is -6.53. The highest BCUT2D eigenvalue weighted by molar-refractivity contribution is 5.99. The molecular weight excluding hydrogens is 762 g/mol. The van der Waals surface area contributed by atoms with Gasteiger partial charge in [-0.3, -0.25) is 24.0 Å². The Bertz CT molecular complexity index is 1800. The van der Waals surface area contributed by atoms with Gasteiger partial charge in [-0.25, -0.2) is 18.6 Å². The molecule has 0 bridgehead atoms. The fraction of sp³-hybridized carbons (Fsp3) is 0.625. The van der Waals surface area contributed by atoms with Gasteiger partial charge < -0.3 is 44.3 Å². The number of unbranched alkanes of at least 4 members (excludes halogenated alkanes) is 1. The first-order valence-corrected chi connectivity index (χ1v) is 20.0. The van der Waals surface area contributed by atoms with Gasteiger partial charge in [0.1, 0.15) is 30.1 Å². The molecule has 0 spiro atoms. The zero-order valence-electron chi connectivity index (χ0n) is 33.4. The number of benzene rings is 1. The summed E-state index contributed by atoms with van der Waals surface area (Å²) in [6.45, 7) is 5.69. The third kappa shape index (κ3) is 12.0. The van der Waals surface area contributed by atoms with Crippen molar-refractivity contribution in [3.05, 3.63) is 35.5 Å². The minimum Gasteiger partial charge on any atom is -0.483 e. The zero-order chi connectivity index (χ0) is 41.8. The number of hydrogen-bond acceptors (Lipinski definition) is 11. The average Bonchev–Trinajstić information content (AvgIpc) is 3.53. The Hall–Kier alpha value is -5.13. The van der Waals surface area contributed by atoms with Crippen molar-refractivity contribution in [2.75, 3.05) is 65.8 Å². The van der Waals surface area contributed by atoms with E-state index in [1.54, 1.807) is 18.2 Å². The number of likely N-dealkylation sites (tertiary alicyclic amines) is 1. The van der Waals surface area contributed by atoms with Gasteiger partial charge in [0.2, 0.25) is 11.8 Å². The second-order valence-corrected chi connectivity index (χ2v) is 14.8. The number of carbonyl (C=O) groups excluding carboxylic acids is 6. The maximum atomic E-state index is 14.6. The Morgan fingerprint density at radius 1 is 0.966 bits per heavy atom. The summed E-state index contributed by atoms with van der Waals surface area (Å²) in [4.78, 5) is 87.6. The Morgan fingerprint density at radius 3 is 2.40 bits per heavy atom. The molecule has 1 aromatic carbocycles. The number of nitrogens with zero attached hydrogens (tertiary/aromatic N) is 4. The van der Waals surface area contributed by atoms with Crippen LogP contribution in [0.4, 0.5) is 13.6 Å². The summed E-state index contributed by atoms with van der Waals surface area (Å²) in [6, 6.07) is 3.77. The van der Waals surface area contributed by atoms with E-state index < -0.39 is 73.3 Å². The summed E-state index contributed by atoms with van der Waals surface area (Å²) in [5.41, 5.74) is 0.939. The van der Waals surface area contributed by atoms with E-state index in [0.29, 0.717) is 24.1 Å². The molecule has 2 atom stereocenters. The van der Waals surface area contributed by atoms with Gasteiger partial charge in [0.15, 0.2) is 6.61 Å². The lowest BCUT2D eigenvalue weighted by Gasteiger charge is -2.36. The van der Waals surface area contributed by atoms with Crippen molar-refractivity contribution in [1.82, 2.24) is 30.3 Å². The minimum atomic E-state index is -3.26. The first kappa shape index (κ1) is 44.0. The molecule has 318 valence electrons. The van der Waals surface area contributed by atoms with Gasteiger partial charge in [-0.2, -0.15) is 0 Å². The molecule has 3 fully saturated rings. The topological polar surface area (TPSA) is 186 Å². The van der Waals surface area contributed by atoms with Gasteiger partial charge in [-0.15, -0.1) is 0 Å². The Balaban J connectivity index is 1.30. The predicted molar refractivity (Wildman–Crippen MR) is 205 cm³/mol. The van der Waals surface area contributed by atoms with Gasteiger partial charge in [0.05, 0.1) is 25.3 Å². The molecule has 2 unspecified atom stereocenters. The number of aryl methyl sites for hydroxylation is 1. The lowest BCUT2D eigenvalue weighted by molar-refractivity contribution is -0.145. The minimum absolute atomic E-state index is 0.0220. The Labute approximate surface area is 336 Å².